The van der Waals surface area contributed by atoms with Crippen LogP contribution >= 0.6 is 0 Å². The Labute approximate surface area is 151 Å². The van der Waals surface area contributed by atoms with Crippen LogP contribution in [0.1, 0.15) is 31.0 Å². The Balaban J connectivity index is 1.89. The maximum Gasteiger partial charge on any atom is 0.275 e. The highest BCUT2D eigenvalue weighted by atomic mass is 19.2. The highest BCUT2D eigenvalue weighted by molar-refractivity contribution is 5.88. The average Bonchev–Trinajstić information content (AvgIpc) is 2.62. The van der Waals surface area contributed by atoms with Crippen molar-refractivity contribution in [3.05, 3.63) is 71.3 Å². The number of Topliss-reactive ketones (excluding diaryl/α,β-unsaturated/α-hetero) is 1. The van der Waals surface area contributed by atoms with E-state index in [0.717, 1.165) is 17.7 Å². The van der Waals surface area contributed by atoms with E-state index in [9.17, 15) is 18.4 Å². The van der Waals surface area contributed by atoms with Gasteiger partial charge in [-0.05, 0) is 44.0 Å². The lowest BCUT2D eigenvalue weighted by atomic mass is 10.0. The third-order valence-corrected chi connectivity index (χ3v) is 4.23. The third kappa shape index (κ3) is 5.74. The van der Waals surface area contributed by atoms with Gasteiger partial charge in [0.05, 0.1) is 6.04 Å². The monoisotopic (exact) mass is 361 g/mol. The van der Waals surface area contributed by atoms with Crippen LogP contribution in [0.15, 0.2) is 48.5 Å². The van der Waals surface area contributed by atoms with Crippen LogP contribution in [0.3, 0.4) is 0 Å². The van der Waals surface area contributed by atoms with Crippen molar-refractivity contribution in [1.29, 1.82) is 0 Å². The molecule has 0 unspecified atom stereocenters. The highest BCUT2D eigenvalue weighted by Crippen LogP contribution is 2.13. The number of quaternary nitrogens is 1. The summed E-state index contributed by atoms with van der Waals surface area (Å²) in [5.74, 6) is -2.21. The average molecular weight is 361 g/mol. The highest BCUT2D eigenvalue weighted by Gasteiger charge is 2.19. The molecule has 0 heterocycles. The van der Waals surface area contributed by atoms with Crippen LogP contribution in [0.5, 0.6) is 0 Å². The first kappa shape index (κ1) is 19.7. The van der Waals surface area contributed by atoms with Gasteiger partial charge in [-0.3, -0.25) is 9.59 Å². The van der Waals surface area contributed by atoms with Crippen LogP contribution < -0.4 is 10.6 Å². The molecule has 2 atom stereocenters. The Bertz CT molecular complexity index is 766. The van der Waals surface area contributed by atoms with Crippen LogP contribution in [0.4, 0.5) is 8.78 Å². The summed E-state index contributed by atoms with van der Waals surface area (Å²) in [4.78, 5) is 24.0. The van der Waals surface area contributed by atoms with Gasteiger partial charge < -0.3 is 10.6 Å². The zero-order chi connectivity index (χ0) is 19.1. The van der Waals surface area contributed by atoms with Gasteiger partial charge in [0.15, 0.2) is 24.0 Å². The van der Waals surface area contributed by atoms with Crippen LogP contribution in [-0.4, -0.2) is 24.3 Å². The van der Waals surface area contributed by atoms with Crippen molar-refractivity contribution in [2.24, 2.45) is 0 Å². The number of halogens is 2. The number of hydrogen-bond donors (Lipinski definition) is 2. The van der Waals surface area contributed by atoms with E-state index in [-0.39, 0.29) is 24.3 Å². The molecule has 0 spiro atoms. The molecule has 4 nitrogen and oxygen atoms in total. The molecule has 0 aliphatic rings. The molecule has 0 saturated heterocycles. The number of nitrogens with one attached hydrogen (secondary N) is 1. The van der Waals surface area contributed by atoms with Gasteiger partial charge in [-0.1, -0.05) is 30.3 Å². The second kappa shape index (κ2) is 9.20. The van der Waals surface area contributed by atoms with Gasteiger partial charge in [-0.2, -0.15) is 0 Å². The molecule has 2 rings (SSSR count). The summed E-state index contributed by atoms with van der Waals surface area (Å²) in [7, 11) is 0. The van der Waals surface area contributed by atoms with Gasteiger partial charge in [-0.15, -0.1) is 0 Å². The third-order valence-electron chi connectivity index (χ3n) is 4.23. The second-order valence-corrected chi connectivity index (χ2v) is 6.32. The molecule has 0 aliphatic heterocycles. The van der Waals surface area contributed by atoms with Crippen LogP contribution in [0.25, 0.3) is 0 Å². The SMILES string of the molecule is CC(=O)[C@H](Cc1ccccc1)NC(=O)C[NH2+][C@H](C)c1ccc(F)c(F)c1. The van der Waals surface area contributed by atoms with E-state index >= 15 is 0 Å². The minimum atomic E-state index is -0.910. The molecule has 0 aliphatic carbocycles. The second-order valence-electron chi connectivity index (χ2n) is 6.32. The number of nitrogens with two attached hydrogens (primary N) is 1. The standard InChI is InChI=1S/C20H22F2N2O2/c1-13(16-8-9-17(21)18(22)11-16)23-12-20(26)24-19(14(2)25)10-15-6-4-3-5-7-15/h3-9,11,13,19,23H,10,12H2,1-2H3,(H,24,26)/p+1/t13-,19+/m1/s1. The first-order valence-electron chi connectivity index (χ1n) is 8.49. The molecule has 26 heavy (non-hydrogen) atoms. The molecule has 2 aromatic carbocycles. The van der Waals surface area contributed by atoms with Crippen molar-refractivity contribution >= 4 is 11.7 Å². The molecular weight excluding hydrogens is 338 g/mol. The first-order chi connectivity index (χ1) is 12.4. The number of hydrogen-bond acceptors (Lipinski definition) is 2. The van der Waals surface area contributed by atoms with Crippen molar-refractivity contribution < 1.29 is 23.7 Å². The lowest BCUT2D eigenvalue weighted by Gasteiger charge is -2.17. The maximum absolute atomic E-state index is 13.3. The van der Waals surface area contributed by atoms with Gasteiger partial charge in [-0.25, -0.2) is 8.78 Å². The van der Waals surface area contributed by atoms with Crippen molar-refractivity contribution in [3.8, 4) is 0 Å². The van der Waals surface area contributed by atoms with Crippen molar-refractivity contribution in [3.63, 3.8) is 0 Å². The van der Waals surface area contributed by atoms with Crippen LogP contribution in [0.2, 0.25) is 0 Å². The van der Waals surface area contributed by atoms with E-state index in [4.69, 9.17) is 0 Å². The number of amides is 1. The molecule has 2 aromatic rings. The molecule has 3 N–H and O–H groups in total. The number of carbonyl (C=O) groups excluding carboxylic acids is 2. The van der Waals surface area contributed by atoms with Gasteiger partial charge >= 0.3 is 0 Å². The van der Waals surface area contributed by atoms with Gasteiger partial charge in [0.2, 0.25) is 0 Å². The topological polar surface area (TPSA) is 62.8 Å². The molecule has 0 bridgehead atoms. The predicted octanol–water partition coefficient (Wildman–Crippen LogP) is 1.91. The molecule has 0 fully saturated rings. The first-order valence-corrected chi connectivity index (χ1v) is 8.49. The van der Waals surface area contributed by atoms with Gasteiger partial charge in [0.1, 0.15) is 6.04 Å². The fraction of sp³-hybridized carbons (Fsp3) is 0.300. The minimum Gasteiger partial charge on any atom is -0.341 e. The maximum atomic E-state index is 13.3. The number of ketones is 1. The van der Waals surface area contributed by atoms with Crippen LogP contribution in [-0.2, 0) is 16.0 Å². The number of benzene rings is 2. The normalized spacial score (nSPS) is 13.1. The Kier molecular flexibility index (Phi) is 6.97. The Morgan fingerprint density at radius 3 is 2.38 bits per heavy atom. The predicted molar refractivity (Wildman–Crippen MR) is 94.3 cm³/mol. The summed E-state index contributed by atoms with van der Waals surface area (Å²) < 4.78 is 26.3. The molecule has 0 aromatic heterocycles. The smallest absolute Gasteiger partial charge is 0.275 e. The van der Waals surface area contributed by atoms with E-state index in [1.165, 1.54) is 13.0 Å². The lowest BCUT2D eigenvalue weighted by molar-refractivity contribution is -0.682. The summed E-state index contributed by atoms with van der Waals surface area (Å²) in [5.41, 5.74) is 1.55. The molecule has 1 amide bonds. The largest absolute Gasteiger partial charge is 0.341 e. The zero-order valence-corrected chi connectivity index (χ0v) is 14.8. The summed E-state index contributed by atoms with van der Waals surface area (Å²) in [6.45, 7) is 3.33. The Morgan fingerprint density at radius 1 is 1.08 bits per heavy atom. The molecule has 0 radical (unpaired) electrons. The van der Waals surface area contributed by atoms with Gasteiger partial charge in [0, 0.05) is 5.56 Å². The van der Waals surface area contributed by atoms with E-state index in [1.54, 1.807) is 12.2 Å². The summed E-state index contributed by atoms with van der Waals surface area (Å²) in [5, 5.41) is 4.45. The van der Waals surface area contributed by atoms with Crippen molar-refractivity contribution in [2.75, 3.05) is 6.54 Å². The van der Waals surface area contributed by atoms with E-state index < -0.39 is 17.7 Å². The van der Waals surface area contributed by atoms with E-state index in [2.05, 4.69) is 5.32 Å². The van der Waals surface area contributed by atoms with Crippen LogP contribution in [0, 0.1) is 11.6 Å². The van der Waals surface area contributed by atoms with Gasteiger partial charge in [0.25, 0.3) is 5.91 Å². The summed E-state index contributed by atoms with van der Waals surface area (Å²) in [6, 6.07) is 12.3. The molecule has 0 saturated carbocycles. The molecular formula is C20H23F2N2O2+. The fourth-order valence-electron chi connectivity index (χ4n) is 2.61. The fourth-order valence-corrected chi connectivity index (χ4v) is 2.61. The summed E-state index contributed by atoms with van der Waals surface area (Å²) >= 11 is 0. The zero-order valence-electron chi connectivity index (χ0n) is 14.8. The minimum absolute atomic E-state index is 0.0821. The number of rotatable bonds is 8. The molecule has 138 valence electrons. The lowest BCUT2D eigenvalue weighted by Crippen LogP contribution is -2.87. The van der Waals surface area contributed by atoms with E-state index in [0.29, 0.717) is 12.0 Å². The Hall–Kier alpha value is -2.60. The summed E-state index contributed by atoms with van der Waals surface area (Å²) in [6.07, 6.45) is 0.431. The molecule has 6 heteroatoms. The van der Waals surface area contributed by atoms with Crippen molar-refractivity contribution in [2.45, 2.75) is 32.4 Å². The van der Waals surface area contributed by atoms with E-state index in [1.807, 2.05) is 30.3 Å². The number of carbonyl (C=O) groups is 2. The Morgan fingerprint density at radius 2 is 1.77 bits per heavy atom. The quantitative estimate of drug-likeness (QED) is 0.754. The van der Waals surface area contributed by atoms with Crippen molar-refractivity contribution in [1.82, 2.24) is 5.32 Å².